The van der Waals surface area contributed by atoms with Gasteiger partial charge in [0, 0.05) is 0 Å². The lowest BCUT2D eigenvalue weighted by atomic mass is 9.91. The Kier molecular flexibility index (Phi) is 3.49. The van der Waals surface area contributed by atoms with Crippen molar-refractivity contribution >= 4 is 5.71 Å². The van der Waals surface area contributed by atoms with Crippen LogP contribution < -0.4 is 0 Å². The molecule has 2 rings (SSSR count). The van der Waals surface area contributed by atoms with Crippen LogP contribution in [0.4, 0.5) is 0 Å². The average Bonchev–Trinajstić information content (AvgIpc) is 2.73. The Morgan fingerprint density at radius 2 is 1.94 bits per heavy atom. The van der Waals surface area contributed by atoms with Gasteiger partial charge < -0.3 is 0 Å². The first-order chi connectivity index (χ1) is 7.75. The first-order valence-electron chi connectivity index (χ1n) is 5.89. The van der Waals surface area contributed by atoms with E-state index in [9.17, 15) is 0 Å². The predicted octanol–water partition coefficient (Wildman–Crippen LogP) is 2.64. The van der Waals surface area contributed by atoms with E-state index in [0.717, 1.165) is 12.8 Å². The minimum absolute atomic E-state index is 0.583. The summed E-state index contributed by atoms with van der Waals surface area (Å²) in [5, 5.41) is 12.1. The summed E-state index contributed by atoms with van der Waals surface area (Å²) in [6.07, 6.45) is 10.3. The molecule has 0 spiro atoms. The number of aromatic nitrogens is 3. The lowest BCUT2D eigenvalue weighted by Crippen LogP contribution is -2.11. The lowest BCUT2D eigenvalue weighted by Gasteiger charge is -2.17. The smallest absolute Gasteiger partial charge is 0.141 e. The molecule has 0 N–H and O–H groups in total. The Balaban J connectivity index is 2.23. The van der Waals surface area contributed by atoms with Gasteiger partial charge in [0.05, 0.1) is 5.71 Å². The topological polar surface area (TPSA) is 43.1 Å². The van der Waals surface area contributed by atoms with Gasteiger partial charge in [-0.15, -0.1) is 10.2 Å². The Morgan fingerprint density at radius 3 is 2.62 bits per heavy atom. The summed E-state index contributed by atoms with van der Waals surface area (Å²) in [5.74, 6) is 0.583. The van der Waals surface area contributed by atoms with Crippen LogP contribution in [-0.4, -0.2) is 20.6 Å². The largest absolute Gasteiger partial charge is 0.207 e. The van der Waals surface area contributed by atoms with Crippen molar-refractivity contribution in [2.24, 2.45) is 11.0 Å². The molecule has 1 aromatic heterocycles. The van der Waals surface area contributed by atoms with E-state index in [1.165, 1.54) is 24.1 Å². The molecular formula is C12H18N4. The molecule has 0 bridgehead atoms. The van der Waals surface area contributed by atoms with Gasteiger partial charge >= 0.3 is 0 Å². The van der Waals surface area contributed by atoms with Crippen LogP contribution in [0.2, 0.25) is 0 Å². The van der Waals surface area contributed by atoms with Crippen LogP contribution in [0, 0.1) is 5.92 Å². The van der Waals surface area contributed by atoms with Crippen molar-refractivity contribution in [2.75, 3.05) is 0 Å². The highest BCUT2D eigenvalue weighted by atomic mass is 15.4. The Bertz CT molecular complexity index is 387. The number of nitrogens with zero attached hydrogens (tertiary/aromatic N) is 4. The molecule has 4 heteroatoms. The van der Waals surface area contributed by atoms with E-state index in [4.69, 9.17) is 0 Å². The van der Waals surface area contributed by atoms with Gasteiger partial charge in [-0.05, 0) is 37.2 Å². The van der Waals surface area contributed by atoms with Crippen LogP contribution in [0.15, 0.2) is 29.4 Å². The maximum atomic E-state index is 4.55. The van der Waals surface area contributed by atoms with Crippen molar-refractivity contribution in [2.45, 2.75) is 39.5 Å². The van der Waals surface area contributed by atoms with E-state index in [1.54, 1.807) is 17.3 Å². The Morgan fingerprint density at radius 1 is 1.25 bits per heavy atom. The lowest BCUT2D eigenvalue weighted by molar-refractivity contribution is 0.708. The molecule has 86 valence electrons. The van der Waals surface area contributed by atoms with E-state index in [-0.39, 0.29) is 0 Å². The Labute approximate surface area is 96.1 Å². The van der Waals surface area contributed by atoms with Gasteiger partial charge in [-0.25, -0.2) is 4.68 Å². The second kappa shape index (κ2) is 5.05. The maximum Gasteiger partial charge on any atom is 0.141 e. The molecular weight excluding hydrogens is 200 g/mol. The molecule has 1 fully saturated rings. The van der Waals surface area contributed by atoms with Gasteiger partial charge in [-0.2, -0.15) is 5.10 Å². The highest BCUT2D eigenvalue weighted by molar-refractivity contribution is 6.00. The normalized spacial score (nSPS) is 22.2. The maximum absolute atomic E-state index is 4.55. The van der Waals surface area contributed by atoms with Crippen molar-refractivity contribution in [3.8, 4) is 0 Å². The molecule has 1 aliphatic rings. The van der Waals surface area contributed by atoms with E-state index in [2.05, 4.69) is 35.2 Å². The van der Waals surface area contributed by atoms with Crippen LogP contribution in [-0.2, 0) is 0 Å². The summed E-state index contributed by atoms with van der Waals surface area (Å²) in [4.78, 5) is 0. The highest BCUT2D eigenvalue weighted by Crippen LogP contribution is 2.22. The van der Waals surface area contributed by atoms with Crippen LogP contribution in [0.1, 0.15) is 39.5 Å². The molecule has 16 heavy (non-hydrogen) atoms. The molecule has 0 amide bonds. The van der Waals surface area contributed by atoms with Gasteiger partial charge in [0.25, 0.3) is 0 Å². The van der Waals surface area contributed by atoms with Gasteiger partial charge in [0.15, 0.2) is 0 Å². The predicted molar refractivity (Wildman–Crippen MR) is 64.2 cm³/mol. The second-order valence-corrected chi connectivity index (χ2v) is 4.53. The zero-order valence-electron chi connectivity index (χ0n) is 9.93. The minimum atomic E-state index is 0.583. The monoisotopic (exact) mass is 218 g/mol. The van der Waals surface area contributed by atoms with Crippen molar-refractivity contribution in [3.05, 3.63) is 24.3 Å². The van der Waals surface area contributed by atoms with Gasteiger partial charge in [-0.3, -0.25) is 0 Å². The van der Waals surface area contributed by atoms with Gasteiger partial charge in [0.1, 0.15) is 12.7 Å². The van der Waals surface area contributed by atoms with Crippen LogP contribution in [0.5, 0.6) is 0 Å². The zero-order valence-corrected chi connectivity index (χ0v) is 9.93. The Hall–Kier alpha value is -1.45. The second-order valence-electron chi connectivity index (χ2n) is 4.53. The fourth-order valence-corrected chi connectivity index (χ4v) is 2.00. The minimum Gasteiger partial charge on any atom is -0.207 e. The fraction of sp³-hybridized carbons (Fsp3) is 0.583. The third-order valence-electron chi connectivity index (χ3n) is 2.66. The SMILES string of the molecule is CC(C)C=C1CCCCC1=Nn1cnnc1. The number of rotatable bonds is 2. The molecule has 0 aromatic carbocycles. The first-order valence-corrected chi connectivity index (χ1v) is 5.89. The third-order valence-corrected chi connectivity index (χ3v) is 2.66. The number of allylic oxidation sites excluding steroid dienone is 2. The molecule has 1 saturated carbocycles. The molecule has 0 aliphatic heterocycles. The molecule has 1 aliphatic carbocycles. The highest BCUT2D eigenvalue weighted by Gasteiger charge is 2.13. The van der Waals surface area contributed by atoms with Crippen LogP contribution in [0.25, 0.3) is 0 Å². The molecule has 1 aromatic rings. The van der Waals surface area contributed by atoms with Crippen LogP contribution in [0.3, 0.4) is 0 Å². The summed E-state index contributed by atoms with van der Waals surface area (Å²) in [5.41, 5.74) is 2.59. The molecule has 0 unspecified atom stereocenters. The third kappa shape index (κ3) is 2.78. The first kappa shape index (κ1) is 11.0. The van der Waals surface area contributed by atoms with E-state index in [0.29, 0.717) is 5.92 Å². The van der Waals surface area contributed by atoms with Crippen molar-refractivity contribution in [1.82, 2.24) is 14.9 Å². The summed E-state index contributed by atoms with van der Waals surface area (Å²) < 4.78 is 1.69. The van der Waals surface area contributed by atoms with Crippen molar-refractivity contribution in [1.29, 1.82) is 0 Å². The van der Waals surface area contributed by atoms with E-state index < -0.39 is 0 Å². The molecule has 4 nitrogen and oxygen atoms in total. The van der Waals surface area contributed by atoms with Crippen molar-refractivity contribution in [3.63, 3.8) is 0 Å². The molecule has 1 heterocycles. The van der Waals surface area contributed by atoms with Crippen LogP contribution >= 0.6 is 0 Å². The van der Waals surface area contributed by atoms with E-state index >= 15 is 0 Å². The fourth-order valence-electron chi connectivity index (χ4n) is 2.00. The quantitative estimate of drug-likeness (QED) is 0.765. The number of hydrogen-bond acceptors (Lipinski definition) is 3. The zero-order chi connectivity index (χ0) is 11.4. The summed E-state index contributed by atoms with van der Waals surface area (Å²) in [6.45, 7) is 4.41. The summed E-state index contributed by atoms with van der Waals surface area (Å²) in [7, 11) is 0. The van der Waals surface area contributed by atoms with Gasteiger partial charge in [-0.1, -0.05) is 19.9 Å². The summed E-state index contributed by atoms with van der Waals surface area (Å²) in [6, 6.07) is 0. The average molecular weight is 218 g/mol. The van der Waals surface area contributed by atoms with E-state index in [1.807, 2.05) is 0 Å². The van der Waals surface area contributed by atoms with Crippen molar-refractivity contribution < 1.29 is 0 Å². The van der Waals surface area contributed by atoms with Gasteiger partial charge in [0.2, 0.25) is 0 Å². The molecule has 0 radical (unpaired) electrons. The number of hydrogen-bond donors (Lipinski definition) is 0. The summed E-state index contributed by atoms with van der Waals surface area (Å²) >= 11 is 0. The standard InChI is InChI=1S/C12H18N4/c1-10(2)7-11-5-3-4-6-12(11)15-16-8-13-14-9-16/h7-10H,3-6H2,1-2H3. The molecule has 0 atom stereocenters. The molecule has 0 saturated heterocycles.